The van der Waals surface area contributed by atoms with E-state index in [1.807, 2.05) is 0 Å². The monoisotopic (exact) mass is 270 g/mol. The molecule has 0 fully saturated rings. The van der Waals surface area contributed by atoms with Gasteiger partial charge < -0.3 is 20.9 Å². The second-order valence-electron chi connectivity index (χ2n) is 4.45. The highest BCUT2D eigenvalue weighted by Crippen LogP contribution is 2.21. The number of pyridine rings is 1. The molecule has 0 aromatic carbocycles. The third kappa shape index (κ3) is 4.68. The Morgan fingerprint density at radius 2 is 2.32 bits per heavy atom. The normalized spacial score (nSPS) is 13.8. The molecule has 0 aliphatic rings. The third-order valence-electron chi connectivity index (χ3n) is 2.59. The molecule has 0 aliphatic heterocycles. The fourth-order valence-corrected chi connectivity index (χ4v) is 1.41. The molecule has 0 spiro atoms. The van der Waals surface area contributed by atoms with Crippen molar-refractivity contribution in [2.45, 2.75) is 18.9 Å². The van der Waals surface area contributed by atoms with Gasteiger partial charge in [0.1, 0.15) is 5.82 Å². The zero-order valence-corrected chi connectivity index (χ0v) is 10.9. The first-order valence-electron chi connectivity index (χ1n) is 5.72. The molecule has 8 heteroatoms. The van der Waals surface area contributed by atoms with Crippen molar-refractivity contribution in [2.24, 2.45) is 0 Å². The number of methoxy groups -OCH3 is 1. The predicted octanol–water partition coefficient (Wildman–Crippen LogP) is 0.771. The standard InChI is InChI=1S/C11H18N4O4/c1-11(16,5-6-19-2)7-13-9-4-3-8(15(17)18)10(12)14-9/h3-4,16H,5-7H2,1-2H3,(H3,12,13,14). The van der Waals surface area contributed by atoms with Crippen molar-refractivity contribution in [3.63, 3.8) is 0 Å². The molecule has 0 saturated heterocycles. The molecular formula is C11H18N4O4. The van der Waals surface area contributed by atoms with E-state index in [9.17, 15) is 15.2 Å². The molecule has 0 amide bonds. The Kier molecular flexibility index (Phi) is 5.02. The average Bonchev–Trinajstić information content (AvgIpc) is 2.34. The lowest BCUT2D eigenvalue weighted by atomic mass is 10.0. The molecule has 8 nitrogen and oxygen atoms in total. The lowest BCUT2D eigenvalue weighted by molar-refractivity contribution is -0.384. The number of aromatic nitrogens is 1. The van der Waals surface area contributed by atoms with Crippen LogP contribution in [-0.4, -0.2) is 40.9 Å². The van der Waals surface area contributed by atoms with Crippen molar-refractivity contribution in [1.29, 1.82) is 0 Å². The van der Waals surface area contributed by atoms with Gasteiger partial charge >= 0.3 is 5.69 Å². The molecule has 1 unspecified atom stereocenters. The van der Waals surface area contributed by atoms with Gasteiger partial charge in [-0.15, -0.1) is 0 Å². The highest BCUT2D eigenvalue weighted by atomic mass is 16.6. The highest BCUT2D eigenvalue weighted by molar-refractivity contribution is 5.57. The van der Waals surface area contributed by atoms with E-state index in [0.717, 1.165) is 0 Å². The molecule has 1 aromatic heterocycles. The van der Waals surface area contributed by atoms with Crippen molar-refractivity contribution in [3.8, 4) is 0 Å². The van der Waals surface area contributed by atoms with Gasteiger partial charge in [-0.25, -0.2) is 4.98 Å². The lowest BCUT2D eigenvalue weighted by Gasteiger charge is -2.23. The number of ether oxygens (including phenoxy) is 1. The summed E-state index contributed by atoms with van der Waals surface area (Å²) >= 11 is 0. The molecule has 1 heterocycles. The summed E-state index contributed by atoms with van der Waals surface area (Å²) in [6.45, 7) is 2.33. The first-order valence-corrected chi connectivity index (χ1v) is 5.72. The summed E-state index contributed by atoms with van der Waals surface area (Å²) in [6, 6.07) is 2.72. The van der Waals surface area contributed by atoms with E-state index in [4.69, 9.17) is 10.5 Å². The van der Waals surface area contributed by atoms with Crippen LogP contribution in [0.15, 0.2) is 12.1 Å². The second-order valence-corrected chi connectivity index (χ2v) is 4.45. The van der Waals surface area contributed by atoms with Gasteiger partial charge in [0.05, 0.1) is 10.5 Å². The Hall–Kier alpha value is -1.93. The van der Waals surface area contributed by atoms with Crippen LogP contribution in [0.1, 0.15) is 13.3 Å². The third-order valence-corrected chi connectivity index (χ3v) is 2.59. The van der Waals surface area contributed by atoms with E-state index in [1.54, 1.807) is 14.0 Å². The molecule has 4 N–H and O–H groups in total. The molecule has 0 radical (unpaired) electrons. The topological polar surface area (TPSA) is 124 Å². The van der Waals surface area contributed by atoms with E-state index in [1.165, 1.54) is 12.1 Å². The first kappa shape index (κ1) is 15.1. The minimum absolute atomic E-state index is 0.161. The van der Waals surface area contributed by atoms with Crippen LogP contribution in [0.4, 0.5) is 17.3 Å². The Balaban J connectivity index is 2.63. The number of nitrogens with two attached hydrogens (primary N) is 1. The Labute approximate surface area is 110 Å². The van der Waals surface area contributed by atoms with Gasteiger partial charge in [-0.3, -0.25) is 10.1 Å². The summed E-state index contributed by atoms with van der Waals surface area (Å²) in [5, 5.41) is 23.5. The van der Waals surface area contributed by atoms with E-state index in [0.29, 0.717) is 18.8 Å². The predicted molar refractivity (Wildman–Crippen MR) is 70.9 cm³/mol. The van der Waals surface area contributed by atoms with E-state index in [-0.39, 0.29) is 18.1 Å². The number of anilines is 2. The number of aliphatic hydroxyl groups is 1. The summed E-state index contributed by atoms with van der Waals surface area (Å²) in [7, 11) is 1.56. The number of hydrogen-bond acceptors (Lipinski definition) is 7. The number of nitro groups is 1. The van der Waals surface area contributed by atoms with Gasteiger partial charge in [-0.05, 0) is 13.0 Å². The summed E-state index contributed by atoms with van der Waals surface area (Å²) in [6.07, 6.45) is 0.457. The summed E-state index contributed by atoms with van der Waals surface area (Å²) < 4.78 is 4.89. The molecule has 1 rings (SSSR count). The van der Waals surface area contributed by atoms with Crippen LogP contribution in [0.25, 0.3) is 0 Å². The van der Waals surface area contributed by atoms with Crippen LogP contribution in [0, 0.1) is 10.1 Å². The molecule has 1 atom stereocenters. The number of rotatable bonds is 7. The number of nitrogens with one attached hydrogen (secondary N) is 1. The van der Waals surface area contributed by atoms with Gasteiger partial charge in [0.2, 0.25) is 5.82 Å². The Morgan fingerprint density at radius 3 is 2.84 bits per heavy atom. The van der Waals surface area contributed by atoms with Crippen molar-refractivity contribution in [1.82, 2.24) is 4.98 Å². The minimum atomic E-state index is -0.964. The van der Waals surface area contributed by atoms with E-state index in [2.05, 4.69) is 10.3 Å². The van der Waals surface area contributed by atoms with Crippen LogP contribution in [0.5, 0.6) is 0 Å². The van der Waals surface area contributed by atoms with Crippen LogP contribution in [-0.2, 0) is 4.74 Å². The van der Waals surface area contributed by atoms with Crippen LogP contribution < -0.4 is 11.1 Å². The first-order chi connectivity index (χ1) is 8.85. The van der Waals surface area contributed by atoms with Crippen molar-refractivity contribution < 1.29 is 14.8 Å². The molecule has 0 aliphatic carbocycles. The maximum atomic E-state index is 10.6. The quantitative estimate of drug-likeness (QED) is 0.493. The van der Waals surface area contributed by atoms with Crippen molar-refractivity contribution in [3.05, 3.63) is 22.2 Å². The van der Waals surface area contributed by atoms with Gasteiger partial charge in [-0.2, -0.15) is 0 Å². The molecule has 19 heavy (non-hydrogen) atoms. The number of nitrogen functional groups attached to an aromatic ring is 1. The lowest BCUT2D eigenvalue weighted by Crippen LogP contribution is -2.34. The average molecular weight is 270 g/mol. The Bertz CT molecular complexity index is 450. The maximum absolute atomic E-state index is 10.6. The highest BCUT2D eigenvalue weighted by Gasteiger charge is 2.20. The van der Waals surface area contributed by atoms with Crippen molar-refractivity contribution in [2.75, 3.05) is 31.3 Å². The van der Waals surface area contributed by atoms with Gasteiger partial charge in [-0.1, -0.05) is 0 Å². The smallest absolute Gasteiger partial charge is 0.311 e. The molecule has 0 bridgehead atoms. The summed E-state index contributed by atoms with van der Waals surface area (Å²) in [5.74, 6) is 0.215. The maximum Gasteiger partial charge on any atom is 0.311 e. The van der Waals surface area contributed by atoms with Gasteiger partial charge in [0, 0.05) is 32.7 Å². The molecule has 106 valence electrons. The van der Waals surface area contributed by atoms with Crippen molar-refractivity contribution >= 4 is 17.3 Å². The minimum Gasteiger partial charge on any atom is -0.388 e. The summed E-state index contributed by atoms with van der Waals surface area (Å²) in [5.41, 5.74) is 4.26. The molecular weight excluding hydrogens is 252 g/mol. The van der Waals surface area contributed by atoms with Gasteiger partial charge in [0.25, 0.3) is 0 Å². The molecule has 0 saturated carbocycles. The van der Waals surface area contributed by atoms with E-state index < -0.39 is 10.5 Å². The fraction of sp³-hybridized carbons (Fsp3) is 0.545. The number of nitrogens with zero attached hydrogens (tertiary/aromatic N) is 2. The second kappa shape index (κ2) is 6.30. The van der Waals surface area contributed by atoms with E-state index >= 15 is 0 Å². The molecule has 1 aromatic rings. The number of hydrogen-bond donors (Lipinski definition) is 3. The van der Waals surface area contributed by atoms with Gasteiger partial charge in [0.15, 0.2) is 0 Å². The SMILES string of the molecule is COCCC(C)(O)CNc1ccc([N+](=O)[O-])c(N)n1. The van der Waals surface area contributed by atoms with Crippen LogP contribution in [0.2, 0.25) is 0 Å². The zero-order chi connectivity index (χ0) is 14.5. The fourth-order valence-electron chi connectivity index (χ4n) is 1.41. The van der Waals surface area contributed by atoms with Crippen LogP contribution >= 0.6 is 0 Å². The largest absolute Gasteiger partial charge is 0.388 e. The summed E-state index contributed by atoms with van der Waals surface area (Å²) in [4.78, 5) is 13.8. The van der Waals surface area contributed by atoms with Crippen LogP contribution in [0.3, 0.4) is 0 Å². The zero-order valence-electron chi connectivity index (χ0n) is 10.9. The Morgan fingerprint density at radius 1 is 1.63 bits per heavy atom.